The van der Waals surface area contributed by atoms with Crippen LogP contribution in [0.2, 0.25) is 0 Å². The summed E-state index contributed by atoms with van der Waals surface area (Å²) >= 11 is -0.329. The highest BCUT2D eigenvalue weighted by atomic mass is 32.2. The molecule has 1 N–H and O–H groups in total. The lowest BCUT2D eigenvalue weighted by atomic mass is 10.2. The van der Waals surface area contributed by atoms with Crippen molar-refractivity contribution in [3.63, 3.8) is 0 Å². The smallest absolute Gasteiger partial charge is 0.219 e. The Morgan fingerprint density at radius 2 is 1.94 bits per heavy atom. The van der Waals surface area contributed by atoms with E-state index in [1.165, 1.54) is 19.2 Å². The van der Waals surface area contributed by atoms with Crippen molar-refractivity contribution in [2.45, 2.75) is 24.8 Å². The number of nitrogens with one attached hydrogen (secondary N) is 1. The number of benzene rings is 1. The highest BCUT2D eigenvalue weighted by molar-refractivity contribution is 8.12. The average molecular weight is 504 g/mol. The van der Waals surface area contributed by atoms with Gasteiger partial charge in [0.1, 0.15) is 5.82 Å². The van der Waals surface area contributed by atoms with Crippen molar-refractivity contribution in [1.82, 2.24) is 18.6 Å². The van der Waals surface area contributed by atoms with E-state index in [4.69, 9.17) is 4.74 Å². The second-order valence-electron chi connectivity index (χ2n) is 6.71. The molecule has 0 saturated carbocycles. The molecule has 12 heteroatoms. The highest BCUT2D eigenvalue weighted by Crippen LogP contribution is 2.26. The molecule has 0 amide bonds. The summed E-state index contributed by atoms with van der Waals surface area (Å²) in [6.07, 6.45) is 0. The summed E-state index contributed by atoms with van der Waals surface area (Å²) in [7, 11) is 1.62. The first kappa shape index (κ1) is 25.0. The van der Waals surface area contributed by atoms with Crippen LogP contribution in [0.15, 0.2) is 29.4 Å². The standard InChI is InChI=1S/C20H27F2N5O2S3/c1-4-31(5-2)26-9-11-27(12-10-26)32(28)25-17-13-18(29-3)24-20(23-17)30-14-15-7-6-8-16(21)19(15)22/h4,6-8,13H,5,9-12,14H2,1-3H3,(H,23,24,25). The summed E-state index contributed by atoms with van der Waals surface area (Å²) in [5, 5.41) is 2.54. The number of hydrogen-bond donors (Lipinski definition) is 1. The van der Waals surface area contributed by atoms with Gasteiger partial charge in [-0.15, -0.1) is 10.7 Å². The second kappa shape index (κ2) is 12.0. The molecule has 2 unspecified atom stereocenters. The summed E-state index contributed by atoms with van der Waals surface area (Å²) in [5.41, 5.74) is 0.216. The Morgan fingerprint density at radius 1 is 1.22 bits per heavy atom. The molecule has 1 aliphatic rings. The first-order valence-electron chi connectivity index (χ1n) is 10.1. The third kappa shape index (κ3) is 6.47. The van der Waals surface area contributed by atoms with E-state index >= 15 is 0 Å². The molecule has 176 valence electrons. The van der Waals surface area contributed by atoms with Gasteiger partial charge in [-0.25, -0.2) is 22.3 Å². The molecule has 0 spiro atoms. The van der Waals surface area contributed by atoms with Crippen molar-refractivity contribution in [2.24, 2.45) is 0 Å². The van der Waals surface area contributed by atoms with Crippen LogP contribution in [-0.2, 0) is 16.9 Å². The number of piperazine rings is 1. The Morgan fingerprint density at radius 3 is 2.59 bits per heavy atom. The molecule has 1 fully saturated rings. The molecule has 3 rings (SSSR count). The Balaban J connectivity index is 1.64. The molecule has 1 aromatic heterocycles. The molecule has 7 nitrogen and oxygen atoms in total. The van der Waals surface area contributed by atoms with Crippen molar-refractivity contribution in [1.29, 1.82) is 0 Å². The molecule has 2 atom stereocenters. The summed E-state index contributed by atoms with van der Waals surface area (Å²) in [5.74, 6) is 0.0865. The molecule has 0 radical (unpaired) electrons. The van der Waals surface area contributed by atoms with E-state index in [2.05, 4.69) is 38.2 Å². The van der Waals surface area contributed by atoms with E-state index < -0.39 is 22.8 Å². The van der Waals surface area contributed by atoms with E-state index in [1.54, 1.807) is 6.07 Å². The lowest BCUT2D eigenvalue weighted by Gasteiger charge is -2.35. The molecule has 1 saturated heterocycles. The third-order valence-corrected chi connectivity index (χ3v) is 9.08. The quantitative estimate of drug-likeness (QED) is 0.320. The number of methoxy groups -OCH3 is 1. The van der Waals surface area contributed by atoms with Crippen LogP contribution in [0.5, 0.6) is 5.88 Å². The van der Waals surface area contributed by atoms with E-state index in [9.17, 15) is 13.0 Å². The lowest BCUT2D eigenvalue weighted by molar-refractivity contribution is 0.300. The largest absolute Gasteiger partial charge is 0.481 e. The Bertz CT molecular complexity index is 988. The van der Waals surface area contributed by atoms with Crippen molar-refractivity contribution in [3.8, 4) is 5.88 Å². The second-order valence-corrected chi connectivity index (χ2v) is 11.2. The van der Waals surface area contributed by atoms with Crippen LogP contribution in [0.25, 0.3) is 0 Å². The summed E-state index contributed by atoms with van der Waals surface area (Å²) in [6.45, 7) is 7.32. The van der Waals surface area contributed by atoms with Crippen molar-refractivity contribution < 1.29 is 17.7 Å². The topological polar surface area (TPSA) is 70.6 Å². The van der Waals surface area contributed by atoms with Crippen LogP contribution < -0.4 is 9.46 Å². The number of nitrogens with zero attached hydrogens (tertiary/aromatic N) is 4. The van der Waals surface area contributed by atoms with Crippen molar-refractivity contribution >= 4 is 44.8 Å². The molecule has 32 heavy (non-hydrogen) atoms. The Hall–Kier alpha value is -1.60. The summed E-state index contributed by atoms with van der Waals surface area (Å²) in [6, 6.07) is 5.60. The maximum absolute atomic E-state index is 13.9. The number of ether oxygens (including phenoxy) is 1. The highest BCUT2D eigenvalue weighted by Gasteiger charge is 2.23. The maximum Gasteiger partial charge on any atom is 0.219 e. The number of thioether (sulfide) groups is 1. The van der Waals surface area contributed by atoms with Crippen LogP contribution in [0.3, 0.4) is 0 Å². The Kier molecular flexibility index (Phi) is 9.41. The van der Waals surface area contributed by atoms with E-state index in [0.717, 1.165) is 36.7 Å². The lowest BCUT2D eigenvalue weighted by Crippen LogP contribution is -2.46. The summed E-state index contributed by atoms with van der Waals surface area (Å²) in [4.78, 5) is 8.60. The van der Waals surface area contributed by atoms with Gasteiger partial charge < -0.3 is 4.74 Å². The van der Waals surface area contributed by atoms with Gasteiger partial charge in [-0.3, -0.25) is 9.03 Å². The minimum Gasteiger partial charge on any atom is -0.481 e. The Labute approximate surface area is 196 Å². The number of aromatic nitrogens is 2. The molecule has 2 heterocycles. The monoisotopic (exact) mass is 503 g/mol. The van der Waals surface area contributed by atoms with Gasteiger partial charge in [0.2, 0.25) is 5.88 Å². The zero-order chi connectivity index (χ0) is 23.1. The fraction of sp³-hybridized carbons (Fsp3) is 0.450. The van der Waals surface area contributed by atoms with Gasteiger partial charge in [0.15, 0.2) is 28.0 Å². The minimum atomic E-state index is -1.47. The van der Waals surface area contributed by atoms with Crippen LogP contribution in [0, 0.1) is 11.6 Å². The zero-order valence-electron chi connectivity index (χ0n) is 18.2. The van der Waals surface area contributed by atoms with Crippen LogP contribution in [-0.4, -0.2) is 67.2 Å². The number of halogens is 2. The molecule has 1 aliphatic heterocycles. The normalized spacial score (nSPS) is 17.3. The molecule has 2 aromatic rings. The van der Waals surface area contributed by atoms with Crippen molar-refractivity contribution in [2.75, 3.05) is 43.8 Å². The van der Waals surface area contributed by atoms with Crippen LogP contribution in [0.1, 0.15) is 19.4 Å². The van der Waals surface area contributed by atoms with Gasteiger partial charge in [0, 0.05) is 43.6 Å². The van der Waals surface area contributed by atoms with Gasteiger partial charge in [0.05, 0.1) is 7.11 Å². The fourth-order valence-electron chi connectivity index (χ4n) is 3.15. The van der Waals surface area contributed by atoms with Crippen LogP contribution >= 0.6 is 22.4 Å². The van der Waals surface area contributed by atoms with Crippen LogP contribution in [0.4, 0.5) is 14.6 Å². The molecule has 1 aromatic carbocycles. The van der Waals surface area contributed by atoms with Gasteiger partial charge in [0.25, 0.3) is 0 Å². The maximum atomic E-state index is 13.9. The van der Waals surface area contributed by atoms with E-state index in [-0.39, 0.29) is 27.9 Å². The summed E-state index contributed by atoms with van der Waals surface area (Å²) < 4.78 is 52.6. The predicted octanol–water partition coefficient (Wildman–Crippen LogP) is 3.69. The molecular weight excluding hydrogens is 476 g/mol. The zero-order valence-corrected chi connectivity index (χ0v) is 20.7. The van der Waals surface area contributed by atoms with Gasteiger partial charge in [-0.1, -0.05) is 36.2 Å². The molecular formula is C20H27F2N5O2S3. The van der Waals surface area contributed by atoms with Gasteiger partial charge in [-0.05, 0) is 18.7 Å². The minimum absolute atomic E-state index is 0.148. The number of rotatable bonds is 9. The predicted molar refractivity (Wildman–Crippen MR) is 129 cm³/mol. The SMILES string of the molecule is CC=S(CC)N1CCN(S(=O)Nc2cc(OC)nc(SCc3cccc(F)c3F)n2)CC1. The van der Waals surface area contributed by atoms with Gasteiger partial charge >= 0.3 is 0 Å². The first-order chi connectivity index (χ1) is 15.4. The van der Waals surface area contributed by atoms with Crippen molar-refractivity contribution in [3.05, 3.63) is 41.5 Å². The number of hydrogen-bond acceptors (Lipinski definition) is 6. The number of anilines is 1. The van der Waals surface area contributed by atoms with E-state index in [0.29, 0.717) is 24.1 Å². The third-order valence-electron chi connectivity index (χ3n) is 4.80. The average Bonchev–Trinajstić information content (AvgIpc) is 2.81. The van der Waals surface area contributed by atoms with E-state index in [1.807, 2.05) is 4.31 Å². The fourth-order valence-corrected chi connectivity index (χ4v) is 6.51. The van der Waals surface area contributed by atoms with Gasteiger partial charge in [-0.2, -0.15) is 4.98 Å². The molecule has 0 bridgehead atoms. The first-order valence-corrected chi connectivity index (χ1v) is 13.6. The molecule has 0 aliphatic carbocycles.